The molecule has 84 heavy (non-hydrogen) atoms. The fourth-order valence-corrected chi connectivity index (χ4v) is 21.2. The molecule has 474 valence electrons. The van der Waals surface area contributed by atoms with Crippen molar-refractivity contribution in [3.05, 3.63) is 35.4 Å². The van der Waals surface area contributed by atoms with Gasteiger partial charge >= 0.3 is 0 Å². The maximum absolute atomic E-state index is 15.2. The van der Waals surface area contributed by atoms with E-state index in [1.165, 1.54) is 0 Å². The number of unbranched alkanes of at least 4 members (excludes halogenated alkanes) is 2. The van der Waals surface area contributed by atoms with E-state index in [0.29, 0.717) is 111 Å². The molecule has 2 aromatic rings. The van der Waals surface area contributed by atoms with Gasteiger partial charge in [-0.3, -0.25) is 29.0 Å². The van der Waals surface area contributed by atoms with Gasteiger partial charge in [0, 0.05) is 67.4 Å². The predicted molar refractivity (Wildman–Crippen MR) is 352 cm³/mol. The summed E-state index contributed by atoms with van der Waals surface area (Å²) in [5, 5.41) is -0.0736. The molecule has 0 aliphatic carbocycles. The molecule has 0 unspecified atom stereocenters. The third-order valence-electron chi connectivity index (χ3n) is 18.8. The van der Waals surface area contributed by atoms with Gasteiger partial charge in [-0.2, -0.15) is 0 Å². The lowest BCUT2D eigenvalue weighted by Gasteiger charge is -2.42. The summed E-state index contributed by atoms with van der Waals surface area (Å²) < 4.78 is 53.0. The Morgan fingerprint density at radius 3 is 1.23 bits per heavy atom. The Bertz CT molecular complexity index is 2620. The molecular formula is C63H110N4O12Si5. The number of hydrogen-bond donors (Lipinski definition) is 0. The number of rotatable bonds is 28. The Morgan fingerprint density at radius 2 is 0.881 bits per heavy atom. The number of carbonyl (C=O) groups excluding carboxylic acids is 4. The maximum atomic E-state index is 15.2. The van der Waals surface area contributed by atoms with Crippen molar-refractivity contribution in [1.29, 1.82) is 0 Å². The molecule has 4 aliphatic heterocycles. The van der Waals surface area contributed by atoms with E-state index in [-0.39, 0.29) is 76.0 Å². The summed E-state index contributed by atoms with van der Waals surface area (Å²) in [7, 11) is -8.37. The lowest BCUT2D eigenvalue weighted by molar-refractivity contribution is -0.124. The smallest absolute Gasteiger partial charge is 0.258 e. The summed E-state index contributed by atoms with van der Waals surface area (Å²) in [4.78, 5) is 66.3. The summed E-state index contributed by atoms with van der Waals surface area (Å²) in [5.74, 6) is 0.994. The second-order valence-electron chi connectivity index (χ2n) is 30.7. The number of nitrogens with zero attached hydrogens (tertiary/aromatic N) is 4. The molecule has 2 fully saturated rings. The van der Waals surface area contributed by atoms with Gasteiger partial charge in [0.25, 0.3) is 31.9 Å². The second kappa shape index (κ2) is 27.0. The van der Waals surface area contributed by atoms with Crippen LogP contribution in [0, 0.1) is 0 Å². The minimum Gasteiger partial charge on any atom is -0.540 e. The van der Waals surface area contributed by atoms with E-state index in [9.17, 15) is 9.59 Å². The van der Waals surface area contributed by atoms with Crippen LogP contribution in [0.2, 0.25) is 104 Å². The SMILES string of the molecule is COc1cc2c(cc1OCCCCCOc1cc3c(cc1O[Si](C(C)C)(C(C)C)C(C)C)C(=O)N1C[C@H](O[Si](C)(C)C(C)(C)C)C[C@H]1C(=O)N3COCC[Si](C)(C)C)N(COCC[Si](C)(C)C)C(=O)[C@@H]1C[C@@H](O[Si](C)(C)C(C)(C)C)CN1C2=O. The molecule has 2 aromatic carbocycles. The van der Waals surface area contributed by atoms with Crippen LogP contribution in [-0.2, 0) is 27.9 Å². The molecule has 4 atom stereocenters. The van der Waals surface area contributed by atoms with Gasteiger partial charge in [0.15, 0.2) is 33.9 Å². The molecule has 21 heteroatoms. The molecule has 6 rings (SSSR count). The van der Waals surface area contributed by atoms with E-state index in [1.807, 2.05) is 12.1 Å². The Labute approximate surface area is 511 Å². The highest BCUT2D eigenvalue weighted by Crippen LogP contribution is 2.49. The van der Waals surface area contributed by atoms with E-state index >= 15 is 9.59 Å². The Morgan fingerprint density at radius 1 is 0.512 bits per heavy atom. The van der Waals surface area contributed by atoms with Crippen molar-refractivity contribution in [3.63, 3.8) is 0 Å². The second-order valence-corrected chi connectivity index (χ2v) is 56.8. The highest BCUT2D eigenvalue weighted by molar-refractivity contribution is 6.78. The van der Waals surface area contributed by atoms with Crippen LogP contribution in [0.1, 0.15) is 136 Å². The number of fused-ring (bicyclic) bond motifs is 4. The lowest BCUT2D eigenvalue weighted by Crippen LogP contribution is -2.50. The minimum atomic E-state index is -2.60. The average Bonchev–Trinajstić information content (AvgIpc) is 4.17. The first-order valence-electron chi connectivity index (χ1n) is 31.4. The van der Waals surface area contributed by atoms with Crippen molar-refractivity contribution in [2.24, 2.45) is 0 Å². The summed E-state index contributed by atoms with van der Waals surface area (Å²) in [6.45, 7) is 51.6. The van der Waals surface area contributed by atoms with Gasteiger partial charge in [0.1, 0.15) is 31.3 Å². The fourth-order valence-electron chi connectivity index (χ4n) is 11.8. The number of carbonyl (C=O) groups is 4. The van der Waals surface area contributed by atoms with Crippen molar-refractivity contribution in [2.75, 3.05) is 69.9 Å². The summed E-state index contributed by atoms with van der Waals surface area (Å²) in [5.41, 5.74) is 2.37. The van der Waals surface area contributed by atoms with Crippen LogP contribution in [0.3, 0.4) is 0 Å². The molecule has 4 heterocycles. The van der Waals surface area contributed by atoms with Gasteiger partial charge in [-0.15, -0.1) is 0 Å². The molecule has 2 saturated heterocycles. The van der Waals surface area contributed by atoms with Crippen molar-refractivity contribution in [1.82, 2.24) is 9.80 Å². The third-order valence-corrected chi connectivity index (χ3v) is 37.3. The monoisotopic (exact) mass is 1250 g/mol. The molecule has 0 N–H and O–H groups in total. The topological polar surface area (TPSA) is 155 Å². The number of anilines is 2. The number of hydrogen-bond acceptors (Lipinski definition) is 12. The van der Waals surface area contributed by atoms with E-state index < -0.39 is 53.2 Å². The molecule has 16 nitrogen and oxygen atoms in total. The van der Waals surface area contributed by atoms with E-state index in [1.54, 1.807) is 38.8 Å². The first kappa shape index (κ1) is 69.5. The summed E-state index contributed by atoms with van der Waals surface area (Å²) >= 11 is 0. The average molecular weight is 1260 g/mol. The molecule has 0 saturated carbocycles. The molecule has 4 aliphatic rings. The Balaban J connectivity index is 1.25. The quantitative estimate of drug-likeness (QED) is 0.0588. The van der Waals surface area contributed by atoms with Crippen LogP contribution in [-0.4, -0.2) is 159 Å². The predicted octanol–water partition coefficient (Wildman–Crippen LogP) is 14.4. The number of ether oxygens (including phenoxy) is 5. The van der Waals surface area contributed by atoms with Crippen LogP contribution in [0.25, 0.3) is 0 Å². The van der Waals surface area contributed by atoms with Crippen LogP contribution in [0.15, 0.2) is 24.3 Å². The van der Waals surface area contributed by atoms with E-state index in [0.717, 1.165) is 18.5 Å². The standard InChI is InChI=1S/C63H110N4O12Si5/c1-43(2)84(44(3)4,45(5)6)79-57-36-49-51(67(42-74-30-32-81(17,18)19)61(71)53-34-47(40-65(53)59(49)69)78-83(22,23)63(10,11)12)38-56(57)76-28-26-24-25-27-75-55-37-50-48(35-54(55)72-13)58(68)64-39-46(77-82(20,21)62(7,8)9)33-52(64)60(70)66(50)41-73-29-31-80(14,15)16/h35-38,43-47,52-53H,24-34,39-42H2,1-23H3/t46-,47-,52+,53+/m1/s1. The Kier molecular flexibility index (Phi) is 22.4. The zero-order chi connectivity index (χ0) is 62.9. The maximum Gasteiger partial charge on any atom is 0.258 e. The molecule has 0 aromatic heterocycles. The van der Waals surface area contributed by atoms with Gasteiger partial charge < -0.3 is 46.8 Å². The van der Waals surface area contributed by atoms with Gasteiger partial charge in [0.2, 0.25) is 0 Å². The number of methoxy groups -OCH3 is 1. The Hall–Kier alpha value is -3.56. The zero-order valence-electron chi connectivity index (χ0n) is 56.1. The normalized spacial score (nSPS) is 20.2. The highest BCUT2D eigenvalue weighted by atomic mass is 28.4. The van der Waals surface area contributed by atoms with Crippen LogP contribution in [0.4, 0.5) is 11.4 Å². The number of amides is 4. The van der Waals surface area contributed by atoms with Crippen LogP contribution < -0.4 is 28.4 Å². The van der Waals surface area contributed by atoms with E-state index in [4.69, 9.17) is 37.0 Å². The van der Waals surface area contributed by atoms with Crippen molar-refractivity contribution in [3.8, 4) is 23.0 Å². The largest absolute Gasteiger partial charge is 0.540 e. The fraction of sp³-hybridized carbons (Fsp3) is 0.746. The summed E-state index contributed by atoms with van der Waals surface area (Å²) in [6, 6.07) is 7.63. The molecule has 0 radical (unpaired) electrons. The van der Waals surface area contributed by atoms with Crippen molar-refractivity contribution < 1.29 is 56.1 Å². The molecular weight excluding hydrogens is 1150 g/mol. The van der Waals surface area contributed by atoms with Gasteiger partial charge in [-0.25, -0.2) is 0 Å². The third kappa shape index (κ3) is 16.0. The van der Waals surface area contributed by atoms with Crippen LogP contribution in [0.5, 0.6) is 23.0 Å². The van der Waals surface area contributed by atoms with Crippen LogP contribution >= 0.6 is 0 Å². The summed E-state index contributed by atoms with van der Waals surface area (Å²) in [6.07, 6.45) is 2.36. The first-order chi connectivity index (χ1) is 38.7. The van der Waals surface area contributed by atoms with Gasteiger partial charge in [0.05, 0.1) is 55.0 Å². The molecule has 4 amide bonds. The lowest BCUT2D eigenvalue weighted by atomic mass is 10.1. The molecule has 0 spiro atoms. The number of benzene rings is 2. The zero-order valence-corrected chi connectivity index (χ0v) is 61.1. The van der Waals surface area contributed by atoms with Gasteiger partial charge in [-0.1, -0.05) is 122 Å². The highest BCUT2D eigenvalue weighted by Gasteiger charge is 2.53. The van der Waals surface area contributed by atoms with Crippen molar-refractivity contribution >= 4 is 76.1 Å². The molecule has 0 bridgehead atoms. The van der Waals surface area contributed by atoms with Gasteiger partial charge in [-0.05, 0) is 96.4 Å². The minimum absolute atomic E-state index is 0.00257. The first-order valence-corrected chi connectivity index (χ1v) is 46.7. The van der Waals surface area contributed by atoms with E-state index in [2.05, 4.69) is 149 Å². The van der Waals surface area contributed by atoms with Crippen molar-refractivity contribution in [2.45, 2.75) is 244 Å².